The summed E-state index contributed by atoms with van der Waals surface area (Å²) in [5, 5.41) is 3.02. The van der Waals surface area contributed by atoms with Crippen molar-refractivity contribution in [3.05, 3.63) is 30.1 Å². The van der Waals surface area contributed by atoms with E-state index in [1.807, 2.05) is 13.8 Å². The van der Waals surface area contributed by atoms with Gasteiger partial charge in [-0.3, -0.25) is 4.79 Å². The monoisotopic (exact) mass is 309 g/mol. The zero-order chi connectivity index (χ0) is 15.9. The Bertz CT molecular complexity index is 491. The first-order valence-corrected chi connectivity index (χ1v) is 7.94. The van der Waals surface area contributed by atoms with Gasteiger partial charge in [0.1, 0.15) is 17.7 Å². The molecule has 1 aliphatic rings. The highest BCUT2D eigenvalue weighted by Crippen LogP contribution is 2.20. The van der Waals surface area contributed by atoms with E-state index in [1.165, 1.54) is 12.1 Å². The van der Waals surface area contributed by atoms with Crippen LogP contribution in [0.25, 0.3) is 0 Å². The maximum atomic E-state index is 13.3. The van der Waals surface area contributed by atoms with E-state index in [1.54, 1.807) is 12.1 Å². The minimum atomic E-state index is -0.331. The van der Waals surface area contributed by atoms with Gasteiger partial charge in [0.25, 0.3) is 0 Å². The Kier molecular flexibility index (Phi) is 6.19. The van der Waals surface area contributed by atoms with Crippen LogP contribution in [0.5, 0.6) is 5.75 Å². The second kappa shape index (κ2) is 8.13. The first-order chi connectivity index (χ1) is 10.6. The van der Waals surface area contributed by atoms with Crippen LogP contribution in [0, 0.1) is 11.7 Å². The van der Waals surface area contributed by atoms with Gasteiger partial charge in [0, 0.05) is 18.4 Å². The molecule has 0 aliphatic carbocycles. The van der Waals surface area contributed by atoms with Crippen LogP contribution in [0.15, 0.2) is 24.3 Å². The third kappa shape index (κ3) is 4.44. The molecule has 5 heteroatoms. The number of carbonyl (C=O) groups is 1. The second-order valence-electron chi connectivity index (χ2n) is 5.61. The molecule has 0 unspecified atom stereocenters. The predicted molar refractivity (Wildman–Crippen MR) is 82.3 cm³/mol. The summed E-state index contributed by atoms with van der Waals surface area (Å²) in [6.07, 6.45) is 2.09. The lowest BCUT2D eigenvalue weighted by Gasteiger charge is -2.33. The number of benzene rings is 1. The lowest BCUT2D eigenvalue weighted by atomic mass is 10.0. The lowest BCUT2D eigenvalue weighted by Crippen LogP contribution is -2.53. The van der Waals surface area contributed by atoms with Gasteiger partial charge in [-0.1, -0.05) is 19.9 Å². The highest BCUT2D eigenvalue weighted by atomic mass is 19.1. The van der Waals surface area contributed by atoms with Crippen molar-refractivity contribution in [1.29, 1.82) is 0 Å². The van der Waals surface area contributed by atoms with Crippen LogP contribution in [-0.2, 0) is 9.53 Å². The molecule has 2 atom stereocenters. The molecular formula is C17H24FNO3. The molecule has 22 heavy (non-hydrogen) atoms. The summed E-state index contributed by atoms with van der Waals surface area (Å²) < 4.78 is 24.6. The summed E-state index contributed by atoms with van der Waals surface area (Å²) >= 11 is 0. The molecule has 122 valence electrons. The van der Waals surface area contributed by atoms with Crippen LogP contribution in [0.4, 0.5) is 4.39 Å². The third-order valence-electron chi connectivity index (χ3n) is 4.06. The minimum Gasteiger partial charge on any atom is -0.488 e. The average Bonchev–Trinajstić information content (AvgIpc) is 2.50. The molecule has 0 saturated carbocycles. The van der Waals surface area contributed by atoms with E-state index >= 15 is 0 Å². The van der Waals surface area contributed by atoms with Gasteiger partial charge >= 0.3 is 0 Å². The summed E-state index contributed by atoms with van der Waals surface area (Å²) in [5.74, 6) is 0.195. The normalized spacial score (nSPS) is 21.6. The van der Waals surface area contributed by atoms with Crippen LogP contribution in [0.2, 0.25) is 0 Å². The smallest absolute Gasteiger partial charge is 0.223 e. The van der Waals surface area contributed by atoms with E-state index in [-0.39, 0.29) is 29.8 Å². The quantitative estimate of drug-likeness (QED) is 0.879. The van der Waals surface area contributed by atoms with Crippen LogP contribution in [0.3, 0.4) is 0 Å². The number of halogens is 1. The SMILES string of the molecule is CCC(CC)C(=O)N[C@@H]1COCC[C@@H]1Oc1cccc(F)c1. The molecule has 1 saturated heterocycles. The highest BCUT2D eigenvalue weighted by Gasteiger charge is 2.30. The molecule has 1 aromatic rings. The van der Waals surface area contributed by atoms with Gasteiger partial charge in [-0.2, -0.15) is 0 Å². The van der Waals surface area contributed by atoms with Crippen molar-refractivity contribution in [1.82, 2.24) is 5.32 Å². The predicted octanol–water partition coefficient (Wildman–Crippen LogP) is 2.91. The molecule has 0 bridgehead atoms. The molecular weight excluding hydrogens is 285 g/mol. The van der Waals surface area contributed by atoms with Gasteiger partial charge in [0.2, 0.25) is 5.91 Å². The molecule has 0 aromatic heterocycles. The zero-order valence-corrected chi connectivity index (χ0v) is 13.2. The maximum Gasteiger partial charge on any atom is 0.223 e. The van der Waals surface area contributed by atoms with Crippen LogP contribution in [0.1, 0.15) is 33.1 Å². The van der Waals surface area contributed by atoms with E-state index in [4.69, 9.17) is 9.47 Å². The van der Waals surface area contributed by atoms with Gasteiger partial charge in [0.05, 0.1) is 19.3 Å². The van der Waals surface area contributed by atoms with E-state index < -0.39 is 0 Å². The maximum absolute atomic E-state index is 13.3. The van der Waals surface area contributed by atoms with Gasteiger partial charge in [-0.15, -0.1) is 0 Å². The Morgan fingerprint density at radius 1 is 1.45 bits per heavy atom. The molecule has 4 nitrogen and oxygen atoms in total. The molecule has 0 radical (unpaired) electrons. The highest BCUT2D eigenvalue weighted by molar-refractivity contribution is 5.78. The molecule has 1 aliphatic heterocycles. The van der Waals surface area contributed by atoms with Crippen LogP contribution in [-0.4, -0.2) is 31.3 Å². The van der Waals surface area contributed by atoms with E-state index in [9.17, 15) is 9.18 Å². The Labute approximate surface area is 131 Å². The van der Waals surface area contributed by atoms with E-state index in [0.29, 0.717) is 25.4 Å². The van der Waals surface area contributed by atoms with E-state index in [0.717, 1.165) is 12.8 Å². The molecule has 0 spiro atoms. The molecule has 2 rings (SSSR count). The number of nitrogens with one attached hydrogen (secondary N) is 1. The zero-order valence-electron chi connectivity index (χ0n) is 13.2. The van der Waals surface area contributed by atoms with Crippen molar-refractivity contribution < 1.29 is 18.7 Å². The van der Waals surface area contributed by atoms with Gasteiger partial charge < -0.3 is 14.8 Å². The number of carbonyl (C=O) groups excluding carboxylic acids is 1. The lowest BCUT2D eigenvalue weighted by molar-refractivity contribution is -0.128. The Hall–Kier alpha value is -1.62. The first-order valence-electron chi connectivity index (χ1n) is 7.94. The van der Waals surface area contributed by atoms with Crippen LogP contribution < -0.4 is 10.1 Å². The van der Waals surface area contributed by atoms with Crippen molar-refractivity contribution in [3.63, 3.8) is 0 Å². The number of rotatable bonds is 6. The number of hydrogen-bond acceptors (Lipinski definition) is 3. The summed E-state index contributed by atoms with van der Waals surface area (Å²) in [6.45, 7) is 5.01. The Morgan fingerprint density at radius 2 is 2.23 bits per heavy atom. The van der Waals surface area contributed by atoms with Gasteiger partial charge in [0.15, 0.2) is 0 Å². The summed E-state index contributed by atoms with van der Waals surface area (Å²) in [7, 11) is 0. The molecule has 1 N–H and O–H groups in total. The largest absolute Gasteiger partial charge is 0.488 e. The van der Waals surface area contributed by atoms with Crippen molar-refractivity contribution >= 4 is 5.91 Å². The van der Waals surface area contributed by atoms with Gasteiger partial charge in [-0.05, 0) is 25.0 Å². The molecule has 1 amide bonds. The Morgan fingerprint density at radius 3 is 2.91 bits per heavy atom. The number of hydrogen-bond donors (Lipinski definition) is 1. The fourth-order valence-electron chi connectivity index (χ4n) is 2.67. The fourth-order valence-corrected chi connectivity index (χ4v) is 2.67. The van der Waals surface area contributed by atoms with Crippen LogP contribution >= 0.6 is 0 Å². The first kappa shape index (κ1) is 16.7. The Balaban J connectivity index is 2.00. The molecule has 1 aromatic carbocycles. The third-order valence-corrected chi connectivity index (χ3v) is 4.06. The van der Waals surface area contributed by atoms with E-state index in [2.05, 4.69) is 5.32 Å². The second-order valence-corrected chi connectivity index (χ2v) is 5.61. The van der Waals surface area contributed by atoms with Crippen molar-refractivity contribution in [3.8, 4) is 5.75 Å². The molecule has 1 fully saturated rings. The minimum absolute atomic E-state index is 0.0109. The summed E-state index contributed by atoms with van der Waals surface area (Å²) in [6, 6.07) is 5.86. The van der Waals surface area contributed by atoms with Crippen molar-refractivity contribution in [2.24, 2.45) is 5.92 Å². The standard InChI is InChI=1S/C17H24FNO3/c1-3-12(4-2)17(20)19-15-11-21-9-8-16(15)22-14-7-5-6-13(18)10-14/h5-7,10,12,15-16H,3-4,8-9,11H2,1-2H3,(H,19,20)/t15-,16+/m1/s1. The number of ether oxygens (including phenoxy) is 2. The van der Waals surface area contributed by atoms with Crippen molar-refractivity contribution in [2.45, 2.75) is 45.3 Å². The fraction of sp³-hybridized carbons (Fsp3) is 0.588. The molecule has 1 heterocycles. The van der Waals surface area contributed by atoms with Gasteiger partial charge in [-0.25, -0.2) is 4.39 Å². The topological polar surface area (TPSA) is 47.6 Å². The summed E-state index contributed by atoms with van der Waals surface area (Å²) in [4.78, 5) is 12.2. The number of amides is 1. The van der Waals surface area contributed by atoms with Crippen molar-refractivity contribution in [2.75, 3.05) is 13.2 Å². The summed E-state index contributed by atoms with van der Waals surface area (Å²) in [5.41, 5.74) is 0. The average molecular weight is 309 g/mol.